The Morgan fingerprint density at radius 2 is 1.14 bits per heavy atom. The van der Waals surface area contributed by atoms with Crippen molar-refractivity contribution in [3.63, 3.8) is 0 Å². The molecule has 10 nitrogen and oxygen atoms in total. The van der Waals surface area contributed by atoms with Crippen molar-refractivity contribution in [2.24, 2.45) is 0 Å². The van der Waals surface area contributed by atoms with Crippen LogP contribution in [-0.4, -0.2) is 77.3 Å². The molecule has 186 valence electrons. The van der Waals surface area contributed by atoms with Gasteiger partial charge in [0.2, 0.25) is 11.5 Å². The average Bonchev–Trinajstić information content (AvgIpc) is 3.83. The van der Waals surface area contributed by atoms with Crippen molar-refractivity contribution in [3.8, 4) is 57.0 Å². The van der Waals surface area contributed by atoms with Crippen molar-refractivity contribution in [1.82, 2.24) is 10.2 Å². The summed E-state index contributed by atoms with van der Waals surface area (Å²) in [7, 11) is 6.36. The molecular formula is C25H28N2O8. The highest BCUT2D eigenvalue weighted by atomic mass is 16.6. The zero-order valence-corrected chi connectivity index (χ0v) is 20.1. The van der Waals surface area contributed by atoms with Crippen LogP contribution < -0.4 is 28.4 Å². The van der Waals surface area contributed by atoms with Gasteiger partial charge in [-0.05, 0) is 30.3 Å². The van der Waals surface area contributed by atoms with Crippen LogP contribution in [0.4, 0.5) is 0 Å². The average molecular weight is 485 g/mol. The minimum atomic E-state index is 0.116. The second kappa shape index (κ2) is 9.93. The number of benzene rings is 2. The molecule has 3 aromatic rings. The molecule has 5 rings (SSSR count). The standard InChI is InChI=1S/C25H28N2O8/c1-28-20-5-14(6-21(29-2)24(20)34-12-16-10-32-16)18-9-19(27-26-18)15-7-22(30-3)25(23(8-15)31-4)35-13-17-11-33-17/h5-9,16-17H,10-13H2,1-4H3,(H,26,27). The fourth-order valence-electron chi connectivity index (χ4n) is 3.65. The van der Waals surface area contributed by atoms with Gasteiger partial charge in [-0.15, -0.1) is 0 Å². The van der Waals surface area contributed by atoms with E-state index in [2.05, 4.69) is 10.2 Å². The van der Waals surface area contributed by atoms with E-state index in [9.17, 15) is 0 Å². The smallest absolute Gasteiger partial charge is 0.203 e. The number of methoxy groups -OCH3 is 4. The summed E-state index contributed by atoms with van der Waals surface area (Å²) in [5.41, 5.74) is 3.12. The summed E-state index contributed by atoms with van der Waals surface area (Å²) in [5, 5.41) is 7.59. The van der Waals surface area contributed by atoms with Crippen molar-refractivity contribution in [1.29, 1.82) is 0 Å². The number of nitrogens with zero attached hydrogens (tertiary/aromatic N) is 1. The van der Waals surface area contributed by atoms with E-state index in [0.717, 1.165) is 16.8 Å². The Morgan fingerprint density at radius 3 is 1.54 bits per heavy atom. The van der Waals surface area contributed by atoms with Crippen molar-refractivity contribution in [2.75, 3.05) is 54.9 Å². The molecule has 2 aliphatic rings. The zero-order valence-electron chi connectivity index (χ0n) is 20.1. The Labute approximate surface area is 202 Å². The Balaban J connectivity index is 1.44. The van der Waals surface area contributed by atoms with E-state index in [4.69, 9.17) is 37.9 Å². The van der Waals surface area contributed by atoms with Crippen LogP contribution in [0.5, 0.6) is 34.5 Å². The monoisotopic (exact) mass is 484 g/mol. The second-order valence-corrected chi connectivity index (χ2v) is 8.12. The lowest BCUT2D eigenvalue weighted by Gasteiger charge is -2.15. The first-order valence-corrected chi connectivity index (χ1v) is 11.2. The molecule has 2 saturated heterocycles. The molecule has 0 aliphatic carbocycles. The molecule has 2 unspecified atom stereocenters. The van der Waals surface area contributed by atoms with Crippen molar-refractivity contribution in [3.05, 3.63) is 30.3 Å². The van der Waals surface area contributed by atoms with Crippen LogP contribution in [-0.2, 0) is 9.47 Å². The minimum absolute atomic E-state index is 0.116. The van der Waals surface area contributed by atoms with Crippen LogP contribution in [0.1, 0.15) is 0 Å². The van der Waals surface area contributed by atoms with Crippen LogP contribution in [0.3, 0.4) is 0 Å². The molecule has 2 aromatic carbocycles. The Morgan fingerprint density at radius 1 is 0.714 bits per heavy atom. The van der Waals surface area contributed by atoms with Gasteiger partial charge in [-0.25, -0.2) is 0 Å². The SMILES string of the molecule is COc1cc(-c2cc(-c3cc(OC)c(OCC4CO4)c(OC)c3)[nH]n2)cc(OC)c1OCC1CO1. The quantitative estimate of drug-likeness (QED) is 0.387. The van der Waals surface area contributed by atoms with E-state index in [-0.39, 0.29) is 12.2 Å². The summed E-state index contributed by atoms with van der Waals surface area (Å²) in [6.45, 7) is 2.29. The Bertz CT molecular complexity index is 1050. The summed E-state index contributed by atoms with van der Waals surface area (Å²) in [6.07, 6.45) is 0.234. The maximum Gasteiger partial charge on any atom is 0.203 e. The minimum Gasteiger partial charge on any atom is -0.493 e. The number of epoxide rings is 2. The molecule has 1 aromatic heterocycles. The van der Waals surface area contributed by atoms with Gasteiger partial charge in [0.15, 0.2) is 23.0 Å². The van der Waals surface area contributed by atoms with Gasteiger partial charge in [-0.2, -0.15) is 5.10 Å². The number of ether oxygens (including phenoxy) is 8. The maximum atomic E-state index is 5.89. The number of aromatic amines is 1. The summed E-state index contributed by atoms with van der Waals surface area (Å²) in [5.74, 6) is 3.28. The van der Waals surface area contributed by atoms with Gasteiger partial charge in [0.1, 0.15) is 25.4 Å². The highest BCUT2D eigenvalue weighted by molar-refractivity contribution is 5.75. The molecule has 35 heavy (non-hydrogen) atoms. The number of nitrogens with one attached hydrogen (secondary N) is 1. The normalized spacial score (nSPS) is 18.1. The summed E-state index contributed by atoms with van der Waals surface area (Å²) >= 11 is 0. The molecule has 0 saturated carbocycles. The van der Waals surface area contributed by atoms with E-state index in [1.54, 1.807) is 28.4 Å². The molecule has 0 bridgehead atoms. The Hall–Kier alpha value is -3.63. The van der Waals surface area contributed by atoms with Crippen LogP contribution in [0.15, 0.2) is 30.3 Å². The topological polar surface area (TPSA) is 109 Å². The van der Waals surface area contributed by atoms with Crippen LogP contribution in [0, 0.1) is 0 Å². The first-order chi connectivity index (χ1) is 17.1. The van der Waals surface area contributed by atoms with Gasteiger partial charge in [0, 0.05) is 11.1 Å². The van der Waals surface area contributed by atoms with E-state index in [1.807, 2.05) is 30.3 Å². The second-order valence-electron chi connectivity index (χ2n) is 8.12. The molecular weight excluding hydrogens is 456 g/mol. The predicted octanol–water partition coefficient (Wildman–Crippen LogP) is 3.33. The lowest BCUT2D eigenvalue weighted by Crippen LogP contribution is -2.06. The van der Waals surface area contributed by atoms with Crippen LogP contribution >= 0.6 is 0 Å². The predicted molar refractivity (Wildman–Crippen MR) is 126 cm³/mol. The molecule has 2 fully saturated rings. The van der Waals surface area contributed by atoms with Gasteiger partial charge in [0.25, 0.3) is 0 Å². The number of rotatable bonds is 12. The molecule has 0 amide bonds. The number of hydrogen-bond acceptors (Lipinski definition) is 9. The van der Waals surface area contributed by atoms with E-state index in [0.29, 0.717) is 66.6 Å². The Kier molecular flexibility index (Phi) is 6.56. The third kappa shape index (κ3) is 5.08. The van der Waals surface area contributed by atoms with Gasteiger partial charge < -0.3 is 37.9 Å². The maximum absolute atomic E-state index is 5.89. The fraction of sp³-hybridized carbons (Fsp3) is 0.400. The molecule has 0 radical (unpaired) electrons. The summed E-state index contributed by atoms with van der Waals surface area (Å²) < 4.78 is 44.5. The number of aromatic nitrogens is 2. The highest BCUT2D eigenvalue weighted by Gasteiger charge is 2.27. The molecule has 2 atom stereocenters. The largest absolute Gasteiger partial charge is 0.493 e. The summed E-state index contributed by atoms with van der Waals surface area (Å²) in [4.78, 5) is 0. The molecule has 3 heterocycles. The van der Waals surface area contributed by atoms with Crippen LogP contribution in [0.25, 0.3) is 22.5 Å². The molecule has 10 heteroatoms. The van der Waals surface area contributed by atoms with Gasteiger partial charge in [-0.1, -0.05) is 0 Å². The molecule has 1 N–H and O–H groups in total. The highest BCUT2D eigenvalue weighted by Crippen LogP contribution is 2.44. The lowest BCUT2D eigenvalue weighted by molar-refractivity contribution is 0.241. The van der Waals surface area contributed by atoms with Crippen molar-refractivity contribution in [2.45, 2.75) is 12.2 Å². The van der Waals surface area contributed by atoms with E-state index < -0.39 is 0 Å². The third-order valence-electron chi connectivity index (χ3n) is 5.74. The third-order valence-corrected chi connectivity index (χ3v) is 5.74. The molecule has 2 aliphatic heterocycles. The van der Waals surface area contributed by atoms with Gasteiger partial charge in [0.05, 0.1) is 53.0 Å². The first kappa shape index (κ1) is 23.1. The molecule has 0 spiro atoms. The lowest BCUT2D eigenvalue weighted by atomic mass is 10.1. The number of hydrogen-bond donors (Lipinski definition) is 1. The number of H-pyrrole nitrogens is 1. The fourth-order valence-corrected chi connectivity index (χ4v) is 3.65. The van der Waals surface area contributed by atoms with Crippen molar-refractivity contribution < 1.29 is 37.9 Å². The summed E-state index contributed by atoms with van der Waals surface area (Å²) in [6, 6.07) is 9.41. The van der Waals surface area contributed by atoms with Gasteiger partial charge >= 0.3 is 0 Å². The van der Waals surface area contributed by atoms with E-state index in [1.165, 1.54) is 0 Å². The zero-order chi connectivity index (χ0) is 24.4. The van der Waals surface area contributed by atoms with Crippen LogP contribution in [0.2, 0.25) is 0 Å². The van der Waals surface area contributed by atoms with Crippen molar-refractivity contribution >= 4 is 0 Å². The van der Waals surface area contributed by atoms with Gasteiger partial charge in [-0.3, -0.25) is 5.10 Å². The van der Waals surface area contributed by atoms with E-state index >= 15 is 0 Å². The first-order valence-electron chi connectivity index (χ1n) is 11.2.